The lowest BCUT2D eigenvalue weighted by Crippen LogP contribution is -2.49. The van der Waals surface area contributed by atoms with Crippen molar-refractivity contribution in [3.05, 3.63) is 41.8 Å². The van der Waals surface area contributed by atoms with Gasteiger partial charge in [0.25, 0.3) is 5.91 Å². The molecule has 0 radical (unpaired) electrons. The van der Waals surface area contributed by atoms with E-state index in [1.807, 2.05) is 12.1 Å². The van der Waals surface area contributed by atoms with Crippen LogP contribution in [0.1, 0.15) is 24.8 Å². The Morgan fingerprint density at radius 2 is 2.00 bits per heavy atom. The van der Waals surface area contributed by atoms with Crippen LogP contribution < -0.4 is 15.0 Å². The summed E-state index contributed by atoms with van der Waals surface area (Å²) in [4.78, 5) is 11.8. The molecule has 1 aromatic heterocycles. The van der Waals surface area contributed by atoms with Gasteiger partial charge in [-0.1, -0.05) is 17.3 Å². The lowest BCUT2D eigenvalue weighted by Gasteiger charge is -2.24. The first-order chi connectivity index (χ1) is 12.7. The van der Waals surface area contributed by atoms with E-state index in [-0.39, 0.29) is 19.4 Å². The van der Waals surface area contributed by atoms with Crippen molar-refractivity contribution < 1.29 is 32.4 Å². The van der Waals surface area contributed by atoms with Gasteiger partial charge in [-0.3, -0.25) is 10.0 Å². The van der Waals surface area contributed by atoms with E-state index in [4.69, 9.17) is 19.2 Å². The molecule has 10 heteroatoms. The molecule has 0 aliphatic rings. The summed E-state index contributed by atoms with van der Waals surface area (Å²) < 4.78 is 38.1. The van der Waals surface area contributed by atoms with Gasteiger partial charge >= 0.3 is 0 Å². The molecule has 2 rings (SSSR count). The summed E-state index contributed by atoms with van der Waals surface area (Å²) in [5, 5.41) is 12.7. The summed E-state index contributed by atoms with van der Waals surface area (Å²) in [6, 6.07) is 8.76. The molecular formula is C17H22N2O7S. The fraction of sp³-hybridized carbons (Fsp3) is 0.412. The number of para-hydroxylation sites is 2. The minimum atomic E-state index is -3.76. The van der Waals surface area contributed by atoms with E-state index in [0.29, 0.717) is 23.0 Å². The molecule has 0 saturated carbocycles. The topological polar surface area (TPSA) is 128 Å². The van der Waals surface area contributed by atoms with E-state index in [1.54, 1.807) is 18.2 Å². The summed E-state index contributed by atoms with van der Waals surface area (Å²) in [7, 11) is -2.22. The molecule has 27 heavy (non-hydrogen) atoms. The number of carbonyl (C=O) groups excluding carboxylic acids is 1. The molecule has 2 aromatic rings. The van der Waals surface area contributed by atoms with Crippen LogP contribution in [-0.2, 0) is 27.7 Å². The molecule has 1 aromatic carbocycles. The first-order valence-corrected chi connectivity index (χ1v) is 9.95. The smallest absolute Gasteiger partial charge is 0.264 e. The van der Waals surface area contributed by atoms with Gasteiger partial charge in [-0.15, -0.1) is 0 Å². The molecule has 148 valence electrons. The lowest BCUT2D eigenvalue weighted by molar-refractivity contribution is -0.131. The highest BCUT2D eigenvalue weighted by atomic mass is 32.2. The zero-order valence-electron chi connectivity index (χ0n) is 15.3. The van der Waals surface area contributed by atoms with Gasteiger partial charge in [0.05, 0.1) is 12.8 Å². The minimum Gasteiger partial charge on any atom is -0.493 e. The molecule has 0 saturated heterocycles. The molecular weight excluding hydrogens is 376 g/mol. The van der Waals surface area contributed by atoms with Crippen molar-refractivity contribution in [2.24, 2.45) is 0 Å². The third-order valence-electron chi connectivity index (χ3n) is 4.31. The van der Waals surface area contributed by atoms with Crippen molar-refractivity contribution in [1.29, 1.82) is 0 Å². The Hall–Kier alpha value is -2.59. The third kappa shape index (κ3) is 4.77. The normalized spacial score (nSPS) is 13.6. The lowest BCUT2D eigenvalue weighted by atomic mass is 10.0. The number of hydrogen-bond donors (Lipinski definition) is 2. The van der Waals surface area contributed by atoms with Crippen molar-refractivity contribution in [3.8, 4) is 11.5 Å². The number of rotatable bonds is 9. The number of aromatic nitrogens is 1. The third-order valence-corrected chi connectivity index (χ3v) is 6.33. The second-order valence-corrected chi connectivity index (χ2v) is 8.61. The van der Waals surface area contributed by atoms with Gasteiger partial charge < -0.3 is 14.0 Å². The number of hydroxylamine groups is 1. The number of ether oxygens (including phenoxy) is 2. The summed E-state index contributed by atoms with van der Waals surface area (Å²) in [5.41, 5.74) is 1.88. The summed E-state index contributed by atoms with van der Waals surface area (Å²) in [6.45, 7) is 1.35. The molecule has 2 N–H and O–H groups in total. The van der Waals surface area contributed by atoms with E-state index < -0.39 is 20.5 Å². The highest BCUT2D eigenvalue weighted by molar-refractivity contribution is 7.92. The fourth-order valence-electron chi connectivity index (χ4n) is 2.38. The predicted octanol–water partition coefficient (Wildman–Crippen LogP) is 1.50. The van der Waals surface area contributed by atoms with Gasteiger partial charge in [-0.2, -0.15) is 0 Å². The second-order valence-electron chi connectivity index (χ2n) is 6.17. The molecule has 1 amide bonds. The van der Waals surface area contributed by atoms with Crippen LogP contribution in [0.5, 0.6) is 11.5 Å². The Balaban J connectivity index is 2.02. The van der Waals surface area contributed by atoms with Crippen LogP contribution in [0.4, 0.5) is 0 Å². The number of aryl methyl sites for hydroxylation is 1. The number of carbonyl (C=O) groups is 1. The minimum absolute atomic E-state index is 0.0719. The predicted molar refractivity (Wildman–Crippen MR) is 95.3 cm³/mol. The highest BCUT2D eigenvalue weighted by Gasteiger charge is 2.43. The number of nitrogens with zero attached hydrogens (tertiary/aromatic N) is 1. The van der Waals surface area contributed by atoms with Crippen LogP contribution in [0.3, 0.4) is 0 Å². The van der Waals surface area contributed by atoms with Gasteiger partial charge in [0.2, 0.25) is 0 Å². The van der Waals surface area contributed by atoms with Gasteiger partial charge in [0.1, 0.15) is 11.4 Å². The average Bonchev–Trinajstić information content (AvgIpc) is 3.10. The molecule has 0 fully saturated rings. The number of hydrogen-bond acceptors (Lipinski definition) is 8. The molecule has 0 aliphatic carbocycles. The largest absolute Gasteiger partial charge is 0.493 e. The maximum atomic E-state index is 12.0. The fourth-order valence-corrected chi connectivity index (χ4v) is 3.24. The quantitative estimate of drug-likeness (QED) is 0.480. The van der Waals surface area contributed by atoms with Gasteiger partial charge in [0, 0.05) is 12.3 Å². The number of nitrogens with one attached hydrogen (secondary N) is 1. The van der Waals surface area contributed by atoms with Crippen LogP contribution in [0.25, 0.3) is 0 Å². The van der Waals surface area contributed by atoms with Crippen molar-refractivity contribution in [2.45, 2.75) is 31.1 Å². The van der Waals surface area contributed by atoms with Crippen molar-refractivity contribution in [3.63, 3.8) is 0 Å². The van der Waals surface area contributed by atoms with E-state index in [0.717, 1.165) is 6.26 Å². The number of sulfone groups is 1. The molecule has 1 unspecified atom stereocenters. The monoisotopic (exact) mass is 398 g/mol. The zero-order valence-corrected chi connectivity index (χ0v) is 16.1. The average molecular weight is 398 g/mol. The van der Waals surface area contributed by atoms with Crippen LogP contribution in [-0.4, -0.2) is 42.8 Å². The Kier molecular flexibility index (Phi) is 6.45. The van der Waals surface area contributed by atoms with E-state index in [9.17, 15) is 13.2 Å². The summed E-state index contributed by atoms with van der Waals surface area (Å²) in [6.07, 6.45) is 1.03. The highest BCUT2D eigenvalue weighted by Crippen LogP contribution is 2.27. The summed E-state index contributed by atoms with van der Waals surface area (Å²) in [5.74, 6) is 0.565. The maximum Gasteiger partial charge on any atom is 0.264 e. The van der Waals surface area contributed by atoms with Gasteiger partial charge in [-0.25, -0.2) is 13.9 Å². The maximum absolute atomic E-state index is 12.0. The molecule has 9 nitrogen and oxygen atoms in total. The first kappa shape index (κ1) is 20.7. The molecule has 0 aliphatic heterocycles. The van der Waals surface area contributed by atoms with Crippen LogP contribution in [0.15, 0.2) is 34.9 Å². The molecule has 0 spiro atoms. The Bertz CT molecular complexity index is 894. The van der Waals surface area contributed by atoms with Crippen LogP contribution >= 0.6 is 0 Å². The second kappa shape index (κ2) is 8.40. The van der Waals surface area contributed by atoms with E-state index in [1.165, 1.54) is 19.5 Å². The van der Waals surface area contributed by atoms with Crippen LogP contribution in [0.2, 0.25) is 0 Å². The number of amides is 1. The van der Waals surface area contributed by atoms with Crippen molar-refractivity contribution in [2.75, 3.05) is 13.4 Å². The molecule has 1 heterocycles. The number of benzene rings is 1. The summed E-state index contributed by atoms with van der Waals surface area (Å²) >= 11 is 0. The Morgan fingerprint density at radius 3 is 2.59 bits per heavy atom. The Morgan fingerprint density at radius 1 is 1.33 bits per heavy atom. The van der Waals surface area contributed by atoms with E-state index in [2.05, 4.69) is 5.16 Å². The van der Waals surface area contributed by atoms with Gasteiger partial charge in [-0.05, 0) is 31.9 Å². The van der Waals surface area contributed by atoms with Crippen molar-refractivity contribution >= 4 is 15.7 Å². The first-order valence-electron chi connectivity index (χ1n) is 8.05. The SMILES string of the molecule is COc1ccccc1OCc1cc(CCC(C)(C(=O)NO)S(C)(=O)=O)no1. The number of methoxy groups -OCH3 is 1. The molecule has 1 atom stereocenters. The zero-order chi connectivity index (χ0) is 20.1. The Labute approximate surface area is 157 Å². The van der Waals surface area contributed by atoms with Crippen LogP contribution in [0, 0.1) is 0 Å². The van der Waals surface area contributed by atoms with Crippen molar-refractivity contribution in [1.82, 2.24) is 10.6 Å². The van der Waals surface area contributed by atoms with Gasteiger partial charge in [0.15, 0.2) is 27.1 Å². The molecule has 0 bridgehead atoms. The van der Waals surface area contributed by atoms with E-state index >= 15 is 0 Å². The standard InChI is InChI=1S/C17H22N2O7S/c1-17(16(20)18-21,27(3,22)23)9-8-12-10-13(26-19-12)11-25-15-7-5-4-6-14(15)24-2/h4-7,10,21H,8-9,11H2,1-3H3,(H,18,20).